The van der Waals surface area contributed by atoms with Gasteiger partial charge in [-0.05, 0) is 30.0 Å². The molecule has 1 aliphatic rings. The van der Waals surface area contributed by atoms with E-state index >= 15 is 0 Å². The SMILES string of the molecule is CN1C(=O)S/C(=C\c2c[nH]c3ncccc23)C1=O. The number of nitrogens with one attached hydrogen (secondary N) is 1. The molecular weight excluding hydrogens is 250 g/mol. The smallest absolute Gasteiger partial charge is 0.293 e. The highest BCUT2D eigenvalue weighted by atomic mass is 32.2. The van der Waals surface area contributed by atoms with Crippen molar-refractivity contribution >= 4 is 40.0 Å². The van der Waals surface area contributed by atoms with Gasteiger partial charge in [0, 0.05) is 30.4 Å². The van der Waals surface area contributed by atoms with Crippen molar-refractivity contribution < 1.29 is 9.59 Å². The Bertz CT molecular complexity index is 689. The summed E-state index contributed by atoms with van der Waals surface area (Å²) < 4.78 is 0. The number of thioether (sulfide) groups is 1. The van der Waals surface area contributed by atoms with E-state index in [1.807, 2.05) is 12.1 Å². The number of nitrogens with zero attached hydrogens (tertiary/aromatic N) is 2. The summed E-state index contributed by atoms with van der Waals surface area (Å²) in [5.74, 6) is -0.261. The first-order valence-corrected chi connectivity index (χ1v) is 6.12. The van der Waals surface area contributed by atoms with E-state index in [9.17, 15) is 9.59 Å². The van der Waals surface area contributed by atoms with Crippen LogP contribution in [0, 0.1) is 0 Å². The highest BCUT2D eigenvalue weighted by Crippen LogP contribution is 2.32. The summed E-state index contributed by atoms with van der Waals surface area (Å²) in [6.07, 6.45) is 5.19. The molecule has 0 spiro atoms. The molecule has 1 N–H and O–H groups in total. The first kappa shape index (κ1) is 11.0. The van der Waals surface area contributed by atoms with Crippen molar-refractivity contribution in [2.45, 2.75) is 0 Å². The first-order chi connectivity index (χ1) is 8.66. The van der Waals surface area contributed by atoms with Gasteiger partial charge in [-0.15, -0.1) is 0 Å². The molecule has 90 valence electrons. The van der Waals surface area contributed by atoms with Crippen LogP contribution in [0.3, 0.4) is 0 Å². The molecule has 0 aliphatic carbocycles. The molecule has 2 amide bonds. The minimum atomic E-state index is -0.261. The average Bonchev–Trinajstić information content (AvgIpc) is 2.89. The van der Waals surface area contributed by atoms with Crippen molar-refractivity contribution in [3.8, 4) is 0 Å². The summed E-state index contributed by atoms with van der Waals surface area (Å²) >= 11 is 0.953. The van der Waals surface area contributed by atoms with Crippen LogP contribution in [-0.4, -0.2) is 33.1 Å². The molecule has 5 nitrogen and oxygen atoms in total. The number of imide groups is 1. The molecule has 0 bridgehead atoms. The van der Waals surface area contributed by atoms with E-state index in [2.05, 4.69) is 9.97 Å². The number of hydrogen-bond donors (Lipinski definition) is 1. The Hall–Kier alpha value is -2.08. The van der Waals surface area contributed by atoms with Crippen molar-refractivity contribution in [3.05, 3.63) is 35.0 Å². The molecule has 6 heteroatoms. The second kappa shape index (κ2) is 3.99. The predicted octanol–water partition coefficient (Wildman–Crippen LogP) is 2.23. The van der Waals surface area contributed by atoms with Gasteiger partial charge in [0.05, 0.1) is 4.91 Å². The number of pyridine rings is 1. The number of aromatic amines is 1. The fraction of sp³-hybridized carbons (Fsp3) is 0.0833. The van der Waals surface area contributed by atoms with Gasteiger partial charge in [-0.3, -0.25) is 14.5 Å². The predicted molar refractivity (Wildman–Crippen MR) is 69.8 cm³/mol. The molecule has 0 unspecified atom stereocenters. The van der Waals surface area contributed by atoms with Crippen LogP contribution >= 0.6 is 11.8 Å². The lowest BCUT2D eigenvalue weighted by Crippen LogP contribution is -2.22. The number of carbonyl (C=O) groups excluding carboxylic acids is 2. The Labute approximate surface area is 107 Å². The van der Waals surface area contributed by atoms with E-state index in [-0.39, 0.29) is 11.1 Å². The Kier molecular flexibility index (Phi) is 2.45. The number of carbonyl (C=O) groups is 2. The molecule has 1 fully saturated rings. The number of rotatable bonds is 1. The van der Waals surface area contributed by atoms with Crippen LogP contribution in [0.4, 0.5) is 4.79 Å². The third-order valence-corrected chi connectivity index (χ3v) is 3.72. The van der Waals surface area contributed by atoms with E-state index in [4.69, 9.17) is 0 Å². The van der Waals surface area contributed by atoms with Gasteiger partial charge >= 0.3 is 0 Å². The second-order valence-corrected chi connectivity index (χ2v) is 4.88. The largest absolute Gasteiger partial charge is 0.346 e. The topological polar surface area (TPSA) is 66.1 Å². The summed E-state index contributed by atoms with van der Waals surface area (Å²) in [5, 5.41) is 0.685. The lowest BCUT2D eigenvalue weighted by Gasteiger charge is -2.00. The zero-order valence-corrected chi connectivity index (χ0v) is 10.3. The van der Waals surface area contributed by atoms with Gasteiger partial charge in [0.2, 0.25) is 0 Å². The normalized spacial score (nSPS) is 18.3. The molecule has 2 aromatic heterocycles. The van der Waals surface area contributed by atoms with Gasteiger partial charge in [0.1, 0.15) is 5.65 Å². The fourth-order valence-electron chi connectivity index (χ4n) is 1.78. The third kappa shape index (κ3) is 1.62. The lowest BCUT2D eigenvalue weighted by atomic mass is 10.2. The van der Waals surface area contributed by atoms with Crippen LogP contribution in [0.5, 0.6) is 0 Å². The molecular formula is C12H9N3O2S. The minimum Gasteiger partial charge on any atom is -0.346 e. The molecule has 3 rings (SSSR count). The van der Waals surface area contributed by atoms with E-state index in [1.54, 1.807) is 18.5 Å². The maximum Gasteiger partial charge on any atom is 0.293 e. The second-order valence-electron chi connectivity index (χ2n) is 3.88. The molecule has 1 saturated heterocycles. The highest BCUT2D eigenvalue weighted by Gasteiger charge is 2.31. The van der Waals surface area contributed by atoms with Crippen molar-refractivity contribution in [1.29, 1.82) is 0 Å². The Morgan fingerprint density at radius 2 is 2.28 bits per heavy atom. The number of H-pyrrole nitrogens is 1. The number of hydrogen-bond acceptors (Lipinski definition) is 4. The molecule has 0 saturated carbocycles. The monoisotopic (exact) mass is 259 g/mol. The molecule has 1 aliphatic heterocycles. The Morgan fingerprint density at radius 1 is 1.44 bits per heavy atom. The van der Waals surface area contributed by atoms with Crippen LogP contribution in [-0.2, 0) is 4.79 Å². The van der Waals surface area contributed by atoms with Crippen LogP contribution in [0.25, 0.3) is 17.1 Å². The van der Waals surface area contributed by atoms with Crippen LogP contribution in [0.2, 0.25) is 0 Å². The van der Waals surface area contributed by atoms with E-state index in [0.717, 1.165) is 33.3 Å². The maximum absolute atomic E-state index is 11.8. The van der Waals surface area contributed by atoms with E-state index in [0.29, 0.717) is 4.91 Å². The maximum atomic E-state index is 11.8. The quantitative estimate of drug-likeness (QED) is 0.797. The van der Waals surface area contributed by atoms with Crippen molar-refractivity contribution in [1.82, 2.24) is 14.9 Å². The molecule has 0 atom stereocenters. The van der Waals surface area contributed by atoms with E-state index < -0.39 is 0 Å². The zero-order valence-electron chi connectivity index (χ0n) is 9.51. The molecule has 0 aromatic carbocycles. The number of amides is 2. The van der Waals surface area contributed by atoms with Crippen LogP contribution in [0.15, 0.2) is 29.4 Å². The van der Waals surface area contributed by atoms with Gasteiger partial charge in [-0.25, -0.2) is 4.98 Å². The van der Waals surface area contributed by atoms with Gasteiger partial charge in [-0.2, -0.15) is 0 Å². The highest BCUT2D eigenvalue weighted by molar-refractivity contribution is 8.18. The molecule has 3 heterocycles. The summed E-state index contributed by atoms with van der Waals surface area (Å²) in [7, 11) is 1.48. The van der Waals surface area contributed by atoms with Gasteiger partial charge < -0.3 is 4.98 Å². The summed E-state index contributed by atoms with van der Waals surface area (Å²) in [6, 6.07) is 3.75. The lowest BCUT2D eigenvalue weighted by molar-refractivity contribution is -0.121. The van der Waals surface area contributed by atoms with Gasteiger partial charge in [-0.1, -0.05) is 0 Å². The number of likely N-dealkylation sites (N-methyl/N-ethyl adjacent to an activating group) is 1. The standard InChI is InChI=1S/C12H9N3O2S/c1-15-11(16)9(18-12(15)17)5-7-6-14-10-8(7)3-2-4-13-10/h2-6H,1H3,(H,13,14)/b9-5-. The number of aromatic nitrogens is 2. The van der Waals surface area contributed by atoms with Crippen molar-refractivity contribution in [3.63, 3.8) is 0 Å². The first-order valence-electron chi connectivity index (χ1n) is 5.30. The summed E-state index contributed by atoms with van der Waals surface area (Å²) in [6.45, 7) is 0. The third-order valence-electron chi connectivity index (χ3n) is 2.76. The Morgan fingerprint density at radius 3 is 3.00 bits per heavy atom. The average molecular weight is 259 g/mol. The molecule has 18 heavy (non-hydrogen) atoms. The zero-order chi connectivity index (χ0) is 12.7. The number of fused-ring (bicyclic) bond motifs is 1. The fourth-order valence-corrected chi connectivity index (χ4v) is 2.60. The summed E-state index contributed by atoms with van der Waals surface area (Å²) in [5.41, 5.74) is 1.62. The molecule has 0 radical (unpaired) electrons. The molecule has 2 aromatic rings. The van der Waals surface area contributed by atoms with Crippen molar-refractivity contribution in [2.75, 3.05) is 7.05 Å². The summed E-state index contributed by atoms with van der Waals surface area (Å²) in [4.78, 5) is 31.9. The van der Waals surface area contributed by atoms with Crippen molar-refractivity contribution in [2.24, 2.45) is 0 Å². The van der Waals surface area contributed by atoms with Crippen LogP contribution < -0.4 is 0 Å². The Balaban J connectivity index is 2.07. The van der Waals surface area contributed by atoms with Crippen LogP contribution in [0.1, 0.15) is 5.56 Å². The minimum absolute atomic E-state index is 0.246. The van der Waals surface area contributed by atoms with E-state index in [1.165, 1.54) is 7.05 Å². The van der Waals surface area contributed by atoms with Gasteiger partial charge in [0.15, 0.2) is 0 Å². The van der Waals surface area contributed by atoms with Gasteiger partial charge in [0.25, 0.3) is 11.1 Å².